The third-order valence-corrected chi connectivity index (χ3v) is 2.42. The molecule has 5 nitrogen and oxygen atoms in total. The summed E-state index contributed by atoms with van der Waals surface area (Å²) in [7, 11) is 0. The fraction of sp³-hybridized carbons (Fsp3) is 0.500. The van der Waals surface area contributed by atoms with Gasteiger partial charge in [0, 0.05) is 18.7 Å². The maximum atomic E-state index is 13.6. The van der Waals surface area contributed by atoms with E-state index in [-0.39, 0.29) is 18.5 Å². The molecular weight excluding hydrogens is 263 g/mol. The summed E-state index contributed by atoms with van der Waals surface area (Å²) < 4.78 is 18.7. The van der Waals surface area contributed by atoms with E-state index in [4.69, 9.17) is 10.5 Å². The van der Waals surface area contributed by atoms with Crippen molar-refractivity contribution in [3.63, 3.8) is 0 Å². The lowest BCUT2D eigenvalue weighted by Crippen LogP contribution is -2.27. The molecule has 0 aromatic heterocycles. The Morgan fingerprint density at radius 3 is 2.70 bits per heavy atom. The van der Waals surface area contributed by atoms with Crippen molar-refractivity contribution >= 4 is 11.8 Å². The van der Waals surface area contributed by atoms with Crippen LogP contribution < -0.4 is 11.1 Å². The van der Waals surface area contributed by atoms with Crippen LogP contribution in [0.2, 0.25) is 0 Å². The van der Waals surface area contributed by atoms with E-state index in [1.807, 2.05) is 0 Å². The zero-order valence-electron chi connectivity index (χ0n) is 11.9. The SMILES string of the molecule is CC(C)(C)OC(=O)Nc1ccc(F)c(CC(O)CN)c1. The normalized spacial score (nSPS) is 12.9. The van der Waals surface area contributed by atoms with Gasteiger partial charge in [0.25, 0.3) is 0 Å². The molecular formula is C14H21FN2O3. The number of carbonyl (C=O) groups is 1. The lowest BCUT2D eigenvalue weighted by molar-refractivity contribution is 0.0636. The number of nitrogens with two attached hydrogens (primary N) is 1. The van der Waals surface area contributed by atoms with Crippen LogP contribution >= 0.6 is 0 Å². The largest absolute Gasteiger partial charge is 0.444 e. The molecule has 0 aliphatic carbocycles. The minimum absolute atomic E-state index is 0.0448. The molecule has 20 heavy (non-hydrogen) atoms. The minimum Gasteiger partial charge on any atom is -0.444 e. The van der Waals surface area contributed by atoms with Gasteiger partial charge in [0.05, 0.1) is 6.10 Å². The van der Waals surface area contributed by atoms with E-state index in [0.29, 0.717) is 5.69 Å². The third kappa shape index (κ3) is 5.54. The highest BCUT2D eigenvalue weighted by atomic mass is 19.1. The van der Waals surface area contributed by atoms with Crippen LogP contribution in [0.3, 0.4) is 0 Å². The number of hydrogen-bond acceptors (Lipinski definition) is 4. The highest BCUT2D eigenvalue weighted by Gasteiger charge is 2.17. The molecule has 1 amide bonds. The van der Waals surface area contributed by atoms with Crippen molar-refractivity contribution in [3.05, 3.63) is 29.6 Å². The lowest BCUT2D eigenvalue weighted by atomic mass is 10.1. The monoisotopic (exact) mass is 284 g/mol. The fourth-order valence-corrected chi connectivity index (χ4v) is 1.57. The van der Waals surface area contributed by atoms with Crippen LogP contribution in [0.1, 0.15) is 26.3 Å². The summed E-state index contributed by atoms with van der Waals surface area (Å²) in [5, 5.41) is 12.0. The number of aliphatic hydroxyl groups excluding tert-OH is 1. The summed E-state index contributed by atoms with van der Waals surface area (Å²) in [6.45, 7) is 5.30. The van der Waals surface area contributed by atoms with Gasteiger partial charge in [0.1, 0.15) is 11.4 Å². The van der Waals surface area contributed by atoms with Gasteiger partial charge in [-0.05, 0) is 44.5 Å². The average molecular weight is 284 g/mol. The first-order valence-corrected chi connectivity index (χ1v) is 6.38. The number of benzene rings is 1. The number of nitrogens with one attached hydrogen (secondary N) is 1. The summed E-state index contributed by atoms with van der Waals surface area (Å²) in [5.41, 5.74) is 5.38. The second-order valence-electron chi connectivity index (χ2n) is 5.53. The third-order valence-electron chi connectivity index (χ3n) is 2.42. The Morgan fingerprint density at radius 2 is 2.15 bits per heavy atom. The second kappa shape index (κ2) is 6.67. The summed E-state index contributed by atoms with van der Waals surface area (Å²) in [4.78, 5) is 11.6. The van der Waals surface area contributed by atoms with Gasteiger partial charge in [-0.1, -0.05) is 0 Å². The van der Waals surface area contributed by atoms with E-state index in [1.54, 1.807) is 20.8 Å². The maximum absolute atomic E-state index is 13.6. The van der Waals surface area contributed by atoms with Gasteiger partial charge in [-0.2, -0.15) is 0 Å². The van der Waals surface area contributed by atoms with Crippen LogP contribution in [-0.2, 0) is 11.2 Å². The van der Waals surface area contributed by atoms with Gasteiger partial charge in [0.15, 0.2) is 0 Å². The number of ether oxygens (including phenoxy) is 1. The van der Waals surface area contributed by atoms with Crippen LogP contribution in [-0.4, -0.2) is 29.4 Å². The first kappa shape index (κ1) is 16.4. The predicted molar refractivity (Wildman–Crippen MR) is 75.0 cm³/mol. The molecule has 0 heterocycles. The van der Waals surface area contributed by atoms with Crippen molar-refractivity contribution in [2.75, 3.05) is 11.9 Å². The second-order valence-corrected chi connectivity index (χ2v) is 5.53. The highest BCUT2D eigenvalue weighted by Crippen LogP contribution is 2.17. The number of anilines is 1. The Balaban J connectivity index is 2.77. The highest BCUT2D eigenvalue weighted by molar-refractivity contribution is 5.84. The van der Waals surface area contributed by atoms with Gasteiger partial charge >= 0.3 is 6.09 Å². The van der Waals surface area contributed by atoms with Gasteiger partial charge in [-0.3, -0.25) is 5.32 Å². The molecule has 1 rings (SSSR count). The number of halogens is 1. The summed E-state index contributed by atoms with van der Waals surface area (Å²) in [6.07, 6.45) is -1.35. The van der Waals surface area contributed by atoms with Gasteiger partial charge in [-0.25, -0.2) is 9.18 Å². The van der Waals surface area contributed by atoms with Crippen LogP contribution in [0.15, 0.2) is 18.2 Å². The first-order chi connectivity index (χ1) is 9.21. The summed E-state index contributed by atoms with van der Waals surface area (Å²) in [6, 6.07) is 4.11. The van der Waals surface area contributed by atoms with Crippen molar-refractivity contribution in [1.29, 1.82) is 0 Å². The van der Waals surface area contributed by atoms with Crippen molar-refractivity contribution < 1.29 is 19.0 Å². The van der Waals surface area contributed by atoms with E-state index >= 15 is 0 Å². The van der Waals surface area contributed by atoms with E-state index in [2.05, 4.69) is 5.32 Å². The summed E-state index contributed by atoms with van der Waals surface area (Å²) in [5.74, 6) is -0.452. The summed E-state index contributed by atoms with van der Waals surface area (Å²) >= 11 is 0. The number of amides is 1. The van der Waals surface area contributed by atoms with E-state index in [9.17, 15) is 14.3 Å². The van der Waals surface area contributed by atoms with Crippen LogP contribution in [0.5, 0.6) is 0 Å². The molecule has 0 spiro atoms. The fourth-order valence-electron chi connectivity index (χ4n) is 1.57. The molecule has 0 radical (unpaired) electrons. The molecule has 0 bridgehead atoms. The van der Waals surface area contributed by atoms with Crippen molar-refractivity contribution in [2.24, 2.45) is 5.73 Å². The molecule has 0 saturated heterocycles. The number of hydrogen-bond donors (Lipinski definition) is 3. The molecule has 4 N–H and O–H groups in total. The standard InChI is InChI=1S/C14H21FN2O3/c1-14(2,3)20-13(19)17-10-4-5-12(15)9(6-10)7-11(18)8-16/h4-6,11,18H,7-8,16H2,1-3H3,(H,17,19). The Hall–Kier alpha value is -1.66. The zero-order valence-corrected chi connectivity index (χ0v) is 11.9. The molecule has 6 heteroatoms. The topological polar surface area (TPSA) is 84.6 Å². The molecule has 0 saturated carbocycles. The molecule has 112 valence electrons. The van der Waals surface area contributed by atoms with Crippen LogP contribution in [0, 0.1) is 5.82 Å². The van der Waals surface area contributed by atoms with Crippen LogP contribution in [0.25, 0.3) is 0 Å². The van der Waals surface area contributed by atoms with Crippen molar-refractivity contribution in [2.45, 2.75) is 38.9 Å². The van der Waals surface area contributed by atoms with Crippen molar-refractivity contribution in [1.82, 2.24) is 0 Å². The van der Waals surface area contributed by atoms with Gasteiger partial charge in [0.2, 0.25) is 0 Å². The quantitative estimate of drug-likeness (QED) is 0.790. The molecule has 1 aromatic carbocycles. The minimum atomic E-state index is -0.818. The Kier molecular flexibility index (Phi) is 5.47. The van der Waals surface area contributed by atoms with E-state index in [0.717, 1.165) is 0 Å². The zero-order chi connectivity index (χ0) is 15.3. The van der Waals surface area contributed by atoms with E-state index < -0.39 is 23.6 Å². The van der Waals surface area contributed by atoms with Crippen LogP contribution in [0.4, 0.5) is 14.9 Å². The van der Waals surface area contributed by atoms with Crippen molar-refractivity contribution in [3.8, 4) is 0 Å². The molecule has 1 unspecified atom stereocenters. The molecule has 0 aliphatic rings. The Morgan fingerprint density at radius 1 is 1.50 bits per heavy atom. The average Bonchev–Trinajstić information content (AvgIpc) is 2.30. The number of aliphatic hydroxyl groups is 1. The Bertz CT molecular complexity index is 472. The molecule has 1 atom stereocenters. The molecule has 0 fully saturated rings. The number of carbonyl (C=O) groups excluding carboxylic acids is 1. The first-order valence-electron chi connectivity index (χ1n) is 6.38. The molecule has 1 aromatic rings. The van der Waals surface area contributed by atoms with E-state index in [1.165, 1.54) is 18.2 Å². The van der Waals surface area contributed by atoms with Gasteiger partial charge < -0.3 is 15.6 Å². The molecule has 0 aliphatic heterocycles. The lowest BCUT2D eigenvalue weighted by Gasteiger charge is -2.20. The smallest absolute Gasteiger partial charge is 0.412 e. The Labute approximate surface area is 117 Å². The number of rotatable bonds is 4. The predicted octanol–water partition coefficient (Wildman–Crippen LogP) is 2.03. The van der Waals surface area contributed by atoms with Gasteiger partial charge in [-0.15, -0.1) is 0 Å². The maximum Gasteiger partial charge on any atom is 0.412 e.